The van der Waals surface area contributed by atoms with Gasteiger partial charge in [0.25, 0.3) is 0 Å². The molecule has 6 nitrogen and oxygen atoms in total. The van der Waals surface area contributed by atoms with Crippen LogP contribution in [-0.4, -0.2) is 39.4 Å². The lowest BCUT2D eigenvalue weighted by Gasteiger charge is -2.30. The number of aliphatic carboxylic acids is 1. The van der Waals surface area contributed by atoms with Gasteiger partial charge in [0.05, 0.1) is 23.0 Å². The first-order chi connectivity index (χ1) is 12.3. The number of carboxylic acid groups (broad SMARTS) is 1. The molecule has 142 valence electrons. The van der Waals surface area contributed by atoms with Crippen molar-refractivity contribution in [2.45, 2.75) is 49.8 Å². The Bertz CT molecular complexity index is 660. The average Bonchev–Trinajstić information content (AvgIpc) is 3.01. The Morgan fingerprint density at radius 2 is 1.85 bits per heavy atom. The first kappa shape index (κ1) is 20.2. The molecule has 1 aliphatic carbocycles. The normalized spacial score (nSPS) is 16.7. The van der Waals surface area contributed by atoms with Gasteiger partial charge in [-0.25, -0.2) is 4.39 Å². The maximum absolute atomic E-state index is 12.8. The van der Waals surface area contributed by atoms with Crippen molar-refractivity contribution < 1.29 is 23.9 Å². The lowest BCUT2D eigenvalue weighted by Crippen LogP contribution is -2.50. The number of hydrogen-bond donors (Lipinski definition) is 3. The molecule has 0 aromatic heterocycles. The summed E-state index contributed by atoms with van der Waals surface area (Å²) in [7, 11) is 0. The molecule has 8 heteroatoms. The molecule has 0 bridgehead atoms. The monoisotopic (exact) mass is 382 g/mol. The molecule has 1 atom stereocenters. The quantitative estimate of drug-likeness (QED) is 0.643. The predicted octanol–water partition coefficient (Wildman–Crippen LogP) is 2.79. The molecule has 1 aromatic carbocycles. The smallest absolute Gasteiger partial charge is 0.305 e. The van der Waals surface area contributed by atoms with Gasteiger partial charge < -0.3 is 15.7 Å². The largest absolute Gasteiger partial charge is 0.481 e. The minimum absolute atomic E-state index is 0.0674. The van der Waals surface area contributed by atoms with E-state index in [9.17, 15) is 18.8 Å². The third kappa shape index (κ3) is 6.01. The number of carboxylic acids is 1. The molecule has 1 fully saturated rings. The molecule has 1 unspecified atom stereocenters. The van der Waals surface area contributed by atoms with Crippen LogP contribution in [0.5, 0.6) is 0 Å². The van der Waals surface area contributed by atoms with Crippen LogP contribution < -0.4 is 10.6 Å². The maximum Gasteiger partial charge on any atom is 0.305 e. The van der Waals surface area contributed by atoms with E-state index >= 15 is 0 Å². The van der Waals surface area contributed by atoms with Gasteiger partial charge in [-0.3, -0.25) is 14.4 Å². The molecule has 1 aromatic rings. The van der Waals surface area contributed by atoms with Gasteiger partial charge in [0.1, 0.15) is 5.82 Å². The van der Waals surface area contributed by atoms with E-state index in [0.29, 0.717) is 18.5 Å². The van der Waals surface area contributed by atoms with Crippen LogP contribution in [0.1, 0.15) is 39.0 Å². The molecule has 1 aliphatic rings. The Hall–Kier alpha value is -2.09. The number of halogens is 1. The zero-order valence-electron chi connectivity index (χ0n) is 14.6. The number of thioether (sulfide) groups is 1. The Morgan fingerprint density at radius 3 is 2.42 bits per heavy atom. The highest BCUT2D eigenvalue weighted by Crippen LogP contribution is 2.33. The number of hydrogen-bond acceptors (Lipinski definition) is 4. The first-order valence-electron chi connectivity index (χ1n) is 8.50. The molecular weight excluding hydrogens is 359 g/mol. The van der Waals surface area contributed by atoms with E-state index in [1.165, 1.54) is 36.0 Å². The number of carbonyl (C=O) groups is 3. The number of rotatable bonds is 8. The number of anilines is 1. The molecule has 0 heterocycles. The highest BCUT2D eigenvalue weighted by atomic mass is 32.2. The Balaban J connectivity index is 1.81. The maximum atomic E-state index is 12.8. The van der Waals surface area contributed by atoms with Gasteiger partial charge in [-0.1, -0.05) is 12.8 Å². The van der Waals surface area contributed by atoms with Crippen LogP contribution >= 0.6 is 11.8 Å². The molecule has 2 amide bonds. The van der Waals surface area contributed by atoms with Gasteiger partial charge >= 0.3 is 5.97 Å². The number of benzene rings is 1. The number of amides is 2. The van der Waals surface area contributed by atoms with Crippen molar-refractivity contribution in [3.05, 3.63) is 30.1 Å². The van der Waals surface area contributed by atoms with Crippen molar-refractivity contribution in [1.29, 1.82) is 0 Å². The van der Waals surface area contributed by atoms with Crippen molar-refractivity contribution in [3.63, 3.8) is 0 Å². The minimum Gasteiger partial charge on any atom is -0.481 e. The van der Waals surface area contributed by atoms with E-state index in [-0.39, 0.29) is 29.8 Å². The van der Waals surface area contributed by atoms with Gasteiger partial charge in [0, 0.05) is 5.69 Å². The van der Waals surface area contributed by atoms with Crippen LogP contribution in [0.4, 0.5) is 10.1 Å². The summed E-state index contributed by atoms with van der Waals surface area (Å²) in [6, 6.07) is 5.43. The highest BCUT2D eigenvalue weighted by molar-refractivity contribution is 8.01. The van der Waals surface area contributed by atoms with Gasteiger partial charge in [0.15, 0.2) is 0 Å². The molecule has 26 heavy (non-hydrogen) atoms. The first-order valence-corrected chi connectivity index (χ1v) is 9.55. The Labute approximate surface area is 155 Å². The molecule has 0 aliphatic heterocycles. The highest BCUT2D eigenvalue weighted by Gasteiger charge is 2.38. The van der Waals surface area contributed by atoms with Crippen LogP contribution in [0.2, 0.25) is 0 Å². The summed E-state index contributed by atoms with van der Waals surface area (Å²) in [5.41, 5.74) is -0.186. The van der Waals surface area contributed by atoms with Gasteiger partial charge in [-0.2, -0.15) is 0 Å². The summed E-state index contributed by atoms with van der Waals surface area (Å²) in [6.45, 7) is 1.69. The second-order valence-electron chi connectivity index (χ2n) is 6.56. The summed E-state index contributed by atoms with van der Waals surface area (Å²) in [5, 5.41) is 14.1. The molecule has 0 saturated heterocycles. The van der Waals surface area contributed by atoms with Crippen LogP contribution in [0.25, 0.3) is 0 Å². The van der Waals surface area contributed by atoms with E-state index in [2.05, 4.69) is 10.6 Å². The van der Waals surface area contributed by atoms with E-state index in [0.717, 1.165) is 12.8 Å². The van der Waals surface area contributed by atoms with E-state index in [1.807, 2.05) is 0 Å². The zero-order valence-corrected chi connectivity index (χ0v) is 15.4. The van der Waals surface area contributed by atoms with Crippen LogP contribution in [0, 0.1) is 5.82 Å². The SMILES string of the molecule is CC(SCC(=O)Nc1ccc(F)cc1)C(=O)NC1(CC(=O)O)CCCC1. The fraction of sp³-hybridized carbons (Fsp3) is 0.500. The summed E-state index contributed by atoms with van der Waals surface area (Å²) in [5.74, 6) is -1.79. The molecule has 3 N–H and O–H groups in total. The van der Waals surface area contributed by atoms with E-state index in [1.54, 1.807) is 6.92 Å². The van der Waals surface area contributed by atoms with E-state index in [4.69, 9.17) is 5.11 Å². The van der Waals surface area contributed by atoms with Crippen molar-refractivity contribution >= 4 is 35.2 Å². The minimum atomic E-state index is -0.925. The third-order valence-corrected chi connectivity index (χ3v) is 5.54. The lowest BCUT2D eigenvalue weighted by atomic mass is 9.93. The molecule has 0 spiro atoms. The van der Waals surface area contributed by atoms with Gasteiger partial charge in [-0.05, 0) is 44.0 Å². The number of carbonyl (C=O) groups excluding carboxylic acids is 2. The van der Waals surface area contributed by atoms with Crippen LogP contribution in [-0.2, 0) is 14.4 Å². The fourth-order valence-electron chi connectivity index (χ4n) is 3.06. The summed E-state index contributed by atoms with van der Waals surface area (Å²) in [4.78, 5) is 35.4. The van der Waals surface area contributed by atoms with Gasteiger partial charge in [-0.15, -0.1) is 11.8 Å². The predicted molar refractivity (Wildman–Crippen MR) is 98.5 cm³/mol. The Kier molecular flexibility index (Phi) is 7.02. The van der Waals surface area contributed by atoms with Crippen LogP contribution in [0.15, 0.2) is 24.3 Å². The second-order valence-corrected chi connectivity index (χ2v) is 7.88. The Morgan fingerprint density at radius 1 is 1.23 bits per heavy atom. The molecule has 0 radical (unpaired) electrons. The summed E-state index contributed by atoms with van der Waals surface area (Å²) >= 11 is 1.17. The van der Waals surface area contributed by atoms with Crippen molar-refractivity contribution in [2.75, 3.05) is 11.1 Å². The molecular formula is C18H23FN2O4S. The lowest BCUT2D eigenvalue weighted by molar-refractivity contribution is -0.139. The zero-order chi connectivity index (χ0) is 19.2. The van der Waals surface area contributed by atoms with Gasteiger partial charge in [0.2, 0.25) is 11.8 Å². The molecule has 2 rings (SSSR count). The second kappa shape index (κ2) is 9.02. The number of nitrogens with one attached hydrogen (secondary N) is 2. The van der Waals surface area contributed by atoms with Crippen molar-refractivity contribution in [2.24, 2.45) is 0 Å². The van der Waals surface area contributed by atoms with Crippen molar-refractivity contribution in [3.8, 4) is 0 Å². The standard InChI is InChI=1S/C18H23FN2O4S/c1-12(17(25)21-18(10-16(23)24)8-2-3-9-18)26-11-15(22)20-14-6-4-13(19)5-7-14/h4-7,12H,2-3,8-11H2,1H3,(H,20,22)(H,21,25)(H,23,24). The third-order valence-electron chi connectivity index (χ3n) is 4.40. The summed E-state index contributed by atoms with van der Waals surface area (Å²) in [6.07, 6.45) is 3.03. The summed E-state index contributed by atoms with van der Waals surface area (Å²) < 4.78 is 12.8. The molecule has 1 saturated carbocycles. The fourth-order valence-corrected chi connectivity index (χ4v) is 3.74. The topological polar surface area (TPSA) is 95.5 Å². The van der Waals surface area contributed by atoms with Crippen molar-refractivity contribution in [1.82, 2.24) is 5.32 Å². The van der Waals surface area contributed by atoms with Crippen LogP contribution in [0.3, 0.4) is 0 Å². The average molecular weight is 382 g/mol. The van der Waals surface area contributed by atoms with E-state index < -0.39 is 16.8 Å².